The molecule has 0 aliphatic heterocycles. The Morgan fingerprint density at radius 2 is 2.11 bits per heavy atom. The molecule has 144 valence electrons. The average Bonchev–Trinajstić information content (AvgIpc) is 3.10. The first-order valence-corrected chi connectivity index (χ1v) is 8.02. The number of hydrogen-bond acceptors (Lipinski definition) is 5. The minimum absolute atomic E-state index is 0.0540. The summed E-state index contributed by atoms with van der Waals surface area (Å²) in [5.74, 6) is 0. The third-order valence-corrected chi connectivity index (χ3v) is 4.14. The van der Waals surface area contributed by atoms with Gasteiger partial charge in [0.05, 0.1) is 16.8 Å². The molecule has 0 bridgehead atoms. The molecule has 28 heavy (non-hydrogen) atoms. The number of nitrogens with zero attached hydrogens (tertiary/aromatic N) is 3. The maximum atomic E-state index is 13.5. The van der Waals surface area contributed by atoms with E-state index in [-0.39, 0.29) is 17.7 Å². The lowest BCUT2D eigenvalue weighted by atomic mass is 10.0. The lowest BCUT2D eigenvalue weighted by molar-refractivity contribution is -0.138. The summed E-state index contributed by atoms with van der Waals surface area (Å²) in [5.41, 5.74) is 6.60. The molecule has 0 saturated heterocycles. The largest absolute Gasteiger partial charge is 0.416 e. The van der Waals surface area contributed by atoms with Gasteiger partial charge in [0.25, 0.3) is 0 Å². The lowest BCUT2D eigenvalue weighted by Crippen LogP contribution is -2.16. The molecular formula is C18H15F3N6O. The van der Waals surface area contributed by atoms with Crippen molar-refractivity contribution < 1.29 is 18.0 Å². The van der Waals surface area contributed by atoms with E-state index in [4.69, 9.17) is 11.1 Å². The standard InChI is InChI=1S/C18H15F3N6O/c19-18(20,21)15-3-11(1-2-12(15)7-24-10-28)17-16-4-13(14(5-22)6-23)8-27(16)26-9-25-17/h1-6,8-10,22H,7,23H2,(H,24,28)/b14-6+,22-5?. The second-order valence-corrected chi connectivity index (χ2v) is 5.80. The van der Waals surface area contributed by atoms with Gasteiger partial charge in [0.2, 0.25) is 6.41 Å². The zero-order valence-corrected chi connectivity index (χ0v) is 14.4. The van der Waals surface area contributed by atoms with Gasteiger partial charge in [0, 0.05) is 41.9 Å². The van der Waals surface area contributed by atoms with Crippen LogP contribution in [0.15, 0.2) is 43.0 Å². The topological polar surface area (TPSA) is 109 Å². The summed E-state index contributed by atoms with van der Waals surface area (Å²) in [7, 11) is 0. The Hall–Kier alpha value is -3.69. The van der Waals surface area contributed by atoms with Crippen molar-refractivity contribution in [3.8, 4) is 11.3 Å². The van der Waals surface area contributed by atoms with Gasteiger partial charge in [-0.1, -0.05) is 12.1 Å². The second kappa shape index (κ2) is 7.51. The van der Waals surface area contributed by atoms with E-state index in [9.17, 15) is 18.0 Å². The van der Waals surface area contributed by atoms with Crippen LogP contribution in [0.3, 0.4) is 0 Å². The molecule has 0 aliphatic rings. The van der Waals surface area contributed by atoms with E-state index in [1.807, 2.05) is 0 Å². The molecule has 10 heteroatoms. The normalized spacial score (nSPS) is 12.2. The number of alkyl halides is 3. The van der Waals surface area contributed by atoms with Crippen molar-refractivity contribution in [2.45, 2.75) is 12.7 Å². The number of fused-ring (bicyclic) bond motifs is 1. The van der Waals surface area contributed by atoms with Crippen molar-refractivity contribution in [1.82, 2.24) is 19.9 Å². The first-order chi connectivity index (χ1) is 13.4. The molecule has 0 radical (unpaired) electrons. The third kappa shape index (κ3) is 3.56. The van der Waals surface area contributed by atoms with Crippen LogP contribution in [0, 0.1) is 5.41 Å². The number of hydrogen-bond donors (Lipinski definition) is 3. The number of carbonyl (C=O) groups is 1. The predicted octanol–water partition coefficient (Wildman–Crippen LogP) is 2.61. The van der Waals surface area contributed by atoms with Crippen LogP contribution in [-0.2, 0) is 17.5 Å². The quantitative estimate of drug-likeness (QED) is 0.445. The Bertz CT molecular complexity index is 1070. The van der Waals surface area contributed by atoms with Gasteiger partial charge in [-0.15, -0.1) is 0 Å². The van der Waals surface area contributed by atoms with E-state index >= 15 is 0 Å². The highest BCUT2D eigenvalue weighted by Crippen LogP contribution is 2.35. The van der Waals surface area contributed by atoms with Crippen molar-refractivity contribution in [1.29, 1.82) is 5.41 Å². The number of nitrogens with two attached hydrogens (primary N) is 1. The molecule has 0 fully saturated rings. The minimum atomic E-state index is -4.60. The lowest BCUT2D eigenvalue weighted by Gasteiger charge is -2.14. The zero-order valence-electron chi connectivity index (χ0n) is 14.4. The maximum absolute atomic E-state index is 13.5. The molecule has 1 aromatic carbocycles. The molecule has 0 unspecified atom stereocenters. The summed E-state index contributed by atoms with van der Waals surface area (Å²) in [6.07, 6.45) is 0.913. The van der Waals surface area contributed by atoms with E-state index in [1.165, 1.54) is 29.2 Å². The van der Waals surface area contributed by atoms with Gasteiger partial charge >= 0.3 is 6.18 Å². The third-order valence-electron chi connectivity index (χ3n) is 4.14. The predicted molar refractivity (Wildman–Crippen MR) is 97.3 cm³/mol. The molecular weight excluding hydrogens is 373 g/mol. The van der Waals surface area contributed by atoms with Crippen LogP contribution in [0.1, 0.15) is 16.7 Å². The molecule has 3 rings (SSSR count). The maximum Gasteiger partial charge on any atom is 0.416 e. The summed E-state index contributed by atoms with van der Waals surface area (Å²) < 4.78 is 41.9. The second-order valence-electron chi connectivity index (χ2n) is 5.80. The number of allylic oxidation sites excluding steroid dienone is 1. The summed E-state index contributed by atoms with van der Waals surface area (Å²) >= 11 is 0. The fourth-order valence-corrected chi connectivity index (χ4v) is 2.83. The van der Waals surface area contributed by atoms with Crippen molar-refractivity contribution in [3.63, 3.8) is 0 Å². The van der Waals surface area contributed by atoms with Crippen LogP contribution >= 0.6 is 0 Å². The number of rotatable bonds is 6. The van der Waals surface area contributed by atoms with Crippen LogP contribution < -0.4 is 11.1 Å². The van der Waals surface area contributed by atoms with E-state index in [2.05, 4.69) is 15.4 Å². The Balaban J connectivity index is 2.16. The Morgan fingerprint density at radius 3 is 2.75 bits per heavy atom. The Kier molecular flexibility index (Phi) is 5.12. The van der Waals surface area contributed by atoms with Crippen LogP contribution in [0.25, 0.3) is 22.3 Å². The van der Waals surface area contributed by atoms with E-state index in [0.29, 0.717) is 28.8 Å². The number of nitrogens with one attached hydrogen (secondary N) is 2. The van der Waals surface area contributed by atoms with Gasteiger partial charge in [-0.2, -0.15) is 18.3 Å². The molecule has 0 atom stereocenters. The van der Waals surface area contributed by atoms with E-state index in [1.54, 1.807) is 12.3 Å². The molecule has 7 nitrogen and oxygen atoms in total. The number of halogens is 3. The molecule has 0 saturated carbocycles. The van der Waals surface area contributed by atoms with Gasteiger partial charge in [0.1, 0.15) is 6.33 Å². The van der Waals surface area contributed by atoms with Gasteiger partial charge in [-0.05, 0) is 17.7 Å². The SMILES string of the molecule is N=C/C(=C\N)c1cc2c(-c3ccc(CNC=O)c(C(F)(F)F)c3)ncnn2c1. The summed E-state index contributed by atoms with van der Waals surface area (Å²) in [6.45, 7) is -0.239. The molecule has 2 heterocycles. The van der Waals surface area contributed by atoms with Crippen LogP contribution in [0.4, 0.5) is 13.2 Å². The van der Waals surface area contributed by atoms with Gasteiger partial charge in [-0.3, -0.25) is 4.79 Å². The average molecular weight is 388 g/mol. The molecule has 4 N–H and O–H groups in total. The van der Waals surface area contributed by atoms with Crippen molar-refractivity contribution in [2.24, 2.45) is 5.73 Å². The Labute approximate surface area is 157 Å². The Morgan fingerprint density at radius 1 is 1.32 bits per heavy atom. The number of amides is 1. The highest BCUT2D eigenvalue weighted by atomic mass is 19.4. The van der Waals surface area contributed by atoms with E-state index < -0.39 is 11.7 Å². The van der Waals surface area contributed by atoms with Gasteiger partial charge in [-0.25, -0.2) is 9.50 Å². The monoisotopic (exact) mass is 388 g/mol. The summed E-state index contributed by atoms with van der Waals surface area (Å²) in [4.78, 5) is 14.6. The smallest absolute Gasteiger partial charge is 0.404 e. The van der Waals surface area contributed by atoms with Gasteiger partial charge < -0.3 is 16.5 Å². The number of carbonyl (C=O) groups excluding carboxylic acids is 1. The van der Waals surface area contributed by atoms with Crippen molar-refractivity contribution in [2.75, 3.05) is 0 Å². The van der Waals surface area contributed by atoms with Gasteiger partial charge in [0.15, 0.2) is 0 Å². The highest BCUT2D eigenvalue weighted by Gasteiger charge is 2.33. The summed E-state index contributed by atoms with van der Waals surface area (Å²) in [6, 6.07) is 5.45. The first kappa shape index (κ1) is 19.1. The van der Waals surface area contributed by atoms with Crippen LogP contribution in [0.5, 0.6) is 0 Å². The van der Waals surface area contributed by atoms with Crippen LogP contribution in [0.2, 0.25) is 0 Å². The molecule has 1 amide bonds. The van der Waals surface area contributed by atoms with Crippen LogP contribution in [-0.4, -0.2) is 27.2 Å². The molecule has 2 aromatic heterocycles. The zero-order chi connectivity index (χ0) is 20.3. The number of benzene rings is 1. The minimum Gasteiger partial charge on any atom is -0.404 e. The highest BCUT2D eigenvalue weighted by molar-refractivity contribution is 6.08. The van der Waals surface area contributed by atoms with Crippen molar-refractivity contribution >= 4 is 23.7 Å². The molecule has 0 aliphatic carbocycles. The number of aromatic nitrogens is 3. The van der Waals surface area contributed by atoms with Crippen molar-refractivity contribution in [3.05, 3.63) is 59.7 Å². The fraction of sp³-hybridized carbons (Fsp3) is 0.111. The molecule has 3 aromatic rings. The fourth-order valence-electron chi connectivity index (χ4n) is 2.83. The first-order valence-electron chi connectivity index (χ1n) is 8.02. The van der Waals surface area contributed by atoms with E-state index in [0.717, 1.165) is 12.3 Å². The summed E-state index contributed by atoms with van der Waals surface area (Å²) in [5, 5.41) is 13.7. The molecule has 0 spiro atoms.